The molecule has 0 heterocycles. The van der Waals surface area contributed by atoms with Gasteiger partial charge in [0.25, 0.3) is 11.8 Å². The highest BCUT2D eigenvalue weighted by Crippen LogP contribution is 2.25. The minimum absolute atomic E-state index is 0.209. The number of carbonyl (C=O) groups is 2. The topological polar surface area (TPSA) is 76.7 Å². The molecule has 138 valence electrons. The zero-order valence-corrected chi connectivity index (χ0v) is 15.6. The molecule has 0 aliphatic carbocycles. The zero-order chi connectivity index (χ0) is 19.1. The van der Waals surface area contributed by atoms with Crippen LogP contribution in [-0.4, -0.2) is 25.0 Å². The van der Waals surface area contributed by atoms with Gasteiger partial charge >= 0.3 is 0 Å². The first kappa shape index (κ1) is 19.6. The molecule has 2 amide bonds. The zero-order valence-electron chi connectivity index (χ0n) is 14.9. The smallest absolute Gasteiger partial charge is 0.276 e. The molecule has 0 unspecified atom stereocenters. The van der Waals surface area contributed by atoms with E-state index in [2.05, 4.69) is 10.9 Å². The lowest BCUT2D eigenvalue weighted by molar-refractivity contribution is -0.131. The Morgan fingerprint density at radius 2 is 1.31 bits per heavy atom. The third kappa shape index (κ3) is 5.97. The van der Waals surface area contributed by atoms with E-state index >= 15 is 0 Å². The summed E-state index contributed by atoms with van der Waals surface area (Å²) in [7, 11) is 0. The molecule has 0 atom stereocenters. The van der Waals surface area contributed by atoms with Crippen LogP contribution < -0.4 is 20.3 Å². The van der Waals surface area contributed by atoms with Crippen LogP contribution in [0.5, 0.6) is 11.5 Å². The number of aryl methyl sites for hydroxylation is 3. The molecule has 2 rings (SSSR count). The van der Waals surface area contributed by atoms with Gasteiger partial charge < -0.3 is 9.47 Å². The summed E-state index contributed by atoms with van der Waals surface area (Å²) < 4.78 is 10.7. The van der Waals surface area contributed by atoms with Crippen molar-refractivity contribution in [3.05, 3.63) is 58.1 Å². The van der Waals surface area contributed by atoms with E-state index in [9.17, 15) is 9.59 Å². The number of hydrogen-bond donors (Lipinski definition) is 2. The van der Waals surface area contributed by atoms with Crippen LogP contribution in [0.2, 0.25) is 5.02 Å². The predicted molar refractivity (Wildman–Crippen MR) is 99.4 cm³/mol. The second-order valence-electron chi connectivity index (χ2n) is 5.86. The second-order valence-corrected chi connectivity index (χ2v) is 6.24. The number of nitrogens with one attached hydrogen (secondary N) is 2. The molecule has 6 nitrogen and oxygen atoms in total. The first-order chi connectivity index (χ1) is 12.3. The Balaban J connectivity index is 1.71. The lowest BCUT2D eigenvalue weighted by atomic mass is 10.1. The fourth-order valence-electron chi connectivity index (χ4n) is 2.13. The number of hydrogen-bond acceptors (Lipinski definition) is 4. The summed E-state index contributed by atoms with van der Waals surface area (Å²) in [5, 5.41) is 0.669. The van der Waals surface area contributed by atoms with Crippen LogP contribution >= 0.6 is 11.6 Å². The van der Waals surface area contributed by atoms with Crippen molar-refractivity contribution in [2.24, 2.45) is 0 Å². The highest BCUT2D eigenvalue weighted by molar-refractivity contribution is 6.32. The minimum atomic E-state index is -0.487. The molecule has 0 aromatic heterocycles. The molecular weight excluding hydrogens is 356 g/mol. The van der Waals surface area contributed by atoms with Gasteiger partial charge in [-0.2, -0.15) is 0 Å². The summed E-state index contributed by atoms with van der Waals surface area (Å²) in [5.74, 6) is 0.151. The standard InChI is InChI=1S/C19H21ClN2O4/c1-12-4-6-15(7-5-12)25-10-17(23)21-22-18(24)11-26-16-8-13(2)19(20)14(3)9-16/h4-9H,10-11H2,1-3H3,(H,21,23)(H,22,24). The number of benzene rings is 2. The Kier molecular flexibility index (Phi) is 6.86. The molecule has 0 spiro atoms. The first-order valence-corrected chi connectivity index (χ1v) is 8.39. The lowest BCUT2D eigenvalue weighted by Crippen LogP contribution is -2.45. The highest BCUT2D eigenvalue weighted by atomic mass is 35.5. The molecule has 0 aliphatic rings. The van der Waals surface area contributed by atoms with Gasteiger partial charge in [0.2, 0.25) is 0 Å². The molecule has 2 aromatic rings. The van der Waals surface area contributed by atoms with Gasteiger partial charge in [-0.05, 0) is 56.2 Å². The Morgan fingerprint density at radius 3 is 1.81 bits per heavy atom. The van der Waals surface area contributed by atoms with E-state index in [1.165, 1.54) is 0 Å². The van der Waals surface area contributed by atoms with Crippen LogP contribution in [0.15, 0.2) is 36.4 Å². The van der Waals surface area contributed by atoms with Crippen LogP contribution in [0, 0.1) is 20.8 Å². The Labute approximate surface area is 157 Å². The Bertz CT molecular complexity index is 768. The van der Waals surface area contributed by atoms with Gasteiger partial charge in [0.1, 0.15) is 11.5 Å². The third-order valence-corrected chi connectivity index (χ3v) is 4.11. The quantitative estimate of drug-likeness (QED) is 0.760. The van der Waals surface area contributed by atoms with Gasteiger partial charge in [-0.15, -0.1) is 0 Å². The summed E-state index contributed by atoms with van der Waals surface area (Å²) in [6, 6.07) is 10.8. The van der Waals surface area contributed by atoms with E-state index in [0.717, 1.165) is 16.7 Å². The summed E-state index contributed by atoms with van der Waals surface area (Å²) in [6.07, 6.45) is 0. The Morgan fingerprint density at radius 1 is 0.846 bits per heavy atom. The van der Waals surface area contributed by atoms with Crippen molar-refractivity contribution in [1.29, 1.82) is 0 Å². The normalized spacial score (nSPS) is 10.2. The van der Waals surface area contributed by atoms with Crippen LogP contribution in [0.1, 0.15) is 16.7 Å². The monoisotopic (exact) mass is 376 g/mol. The molecule has 0 fully saturated rings. The van der Waals surface area contributed by atoms with E-state index in [1.807, 2.05) is 32.9 Å². The summed E-state index contributed by atoms with van der Waals surface area (Å²) in [6.45, 7) is 5.23. The van der Waals surface area contributed by atoms with Gasteiger partial charge in [0.05, 0.1) is 0 Å². The maximum absolute atomic E-state index is 11.8. The van der Waals surface area contributed by atoms with Crippen molar-refractivity contribution in [3.63, 3.8) is 0 Å². The fourth-order valence-corrected chi connectivity index (χ4v) is 2.24. The second kappa shape index (κ2) is 9.10. The van der Waals surface area contributed by atoms with Crippen LogP contribution in [-0.2, 0) is 9.59 Å². The van der Waals surface area contributed by atoms with Gasteiger partial charge in [-0.1, -0.05) is 29.3 Å². The van der Waals surface area contributed by atoms with Crippen molar-refractivity contribution >= 4 is 23.4 Å². The fraction of sp³-hybridized carbons (Fsp3) is 0.263. The molecule has 0 saturated carbocycles. The maximum Gasteiger partial charge on any atom is 0.276 e. The first-order valence-electron chi connectivity index (χ1n) is 8.02. The maximum atomic E-state index is 11.8. The molecule has 0 aliphatic heterocycles. The highest BCUT2D eigenvalue weighted by Gasteiger charge is 2.08. The van der Waals surface area contributed by atoms with E-state index in [1.54, 1.807) is 24.3 Å². The van der Waals surface area contributed by atoms with E-state index in [-0.39, 0.29) is 13.2 Å². The van der Waals surface area contributed by atoms with Crippen LogP contribution in [0.3, 0.4) is 0 Å². The number of halogens is 1. The molecule has 0 saturated heterocycles. The van der Waals surface area contributed by atoms with Gasteiger partial charge in [0, 0.05) is 5.02 Å². The summed E-state index contributed by atoms with van der Waals surface area (Å²) >= 11 is 6.08. The van der Waals surface area contributed by atoms with Crippen molar-refractivity contribution < 1.29 is 19.1 Å². The molecule has 26 heavy (non-hydrogen) atoms. The average molecular weight is 377 g/mol. The SMILES string of the molecule is Cc1ccc(OCC(=O)NNC(=O)COc2cc(C)c(Cl)c(C)c2)cc1. The van der Waals surface area contributed by atoms with Crippen molar-refractivity contribution in [2.45, 2.75) is 20.8 Å². The Hall–Kier alpha value is -2.73. The number of amides is 2. The third-order valence-electron chi connectivity index (χ3n) is 3.51. The predicted octanol–water partition coefficient (Wildman–Crippen LogP) is 2.87. The van der Waals surface area contributed by atoms with Crippen LogP contribution in [0.25, 0.3) is 0 Å². The largest absolute Gasteiger partial charge is 0.484 e. The average Bonchev–Trinajstić information content (AvgIpc) is 2.62. The number of rotatable bonds is 6. The van der Waals surface area contributed by atoms with Crippen molar-refractivity contribution in [2.75, 3.05) is 13.2 Å². The van der Waals surface area contributed by atoms with E-state index in [4.69, 9.17) is 21.1 Å². The van der Waals surface area contributed by atoms with Gasteiger partial charge in [-0.25, -0.2) is 0 Å². The molecule has 7 heteroatoms. The molecule has 0 bridgehead atoms. The van der Waals surface area contributed by atoms with Crippen molar-refractivity contribution in [1.82, 2.24) is 10.9 Å². The molecule has 2 N–H and O–H groups in total. The number of ether oxygens (including phenoxy) is 2. The van der Waals surface area contributed by atoms with Gasteiger partial charge in [-0.3, -0.25) is 20.4 Å². The summed E-state index contributed by atoms with van der Waals surface area (Å²) in [5.41, 5.74) is 7.36. The lowest BCUT2D eigenvalue weighted by Gasteiger charge is -2.11. The van der Waals surface area contributed by atoms with E-state index in [0.29, 0.717) is 16.5 Å². The van der Waals surface area contributed by atoms with Gasteiger partial charge in [0.15, 0.2) is 13.2 Å². The molecular formula is C19H21ClN2O4. The van der Waals surface area contributed by atoms with Crippen molar-refractivity contribution in [3.8, 4) is 11.5 Å². The summed E-state index contributed by atoms with van der Waals surface area (Å²) in [4.78, 5) is 23.4. The molecule has 2 aromatic carbocycles. The minimum Gasteiger partial charge on any atom is -0.484 e. The van der Waals surface area contributed by atoms with Crippen LogP contribution in [0.4, 0.5) is 0 Å². The molecule has 0 radical (unpaired) electrons. The van der Waals surface area contributed by atoms with E-state index < -0.39 is 11.8 Å². The number of hydrazine groups is 1. The number of carbonyl (C=O) groups excluding carboxylic acids is 2.